The van der Waals surface area contributed by atoms with Gasteiger partial charge in [-0.2, -0.15) is 0 Å². The Hall–Kier alpha value is -2.28. The lowest BCUT2D eigenvalue weighted by molar-refractivity contribution is 0.799. The van der Waals surface area contributed by atoms with Gasteiger partial charge in [0.2, 0.25) is 0 Å². The zero-order valence-electron chi connectivity index (χ0n) is 12.3. The minimum Gasteiger partial charge on any atom is -0.354 e. The van der Waals surface area contributed by atoms with E-state index in [0.717, 1.165) is 6.42 Å². The number of hydrogen-bond acceptors (Lipinski definition) is 0. The molecule has 0 radical (unpaired) electrons. The highest BCUT2D eigenvalue weighted by atomic mass is 14.7. The maximum atomic E-state index is 3.64. The summed E-state index contributed by atoms with van der Waals surface area (Å²) in [5.74, 6) is 0. The van der Waals surface area contributed by atoms with Gasteiger partial charge in [-0.1, -0.05) is 61.9 Å². The fourth-order valence-corrected chi connectivity index (χ4v) is 3.35. The SMILES string of the molecule is CCCCc1cccc2ccc3c4ccccc4[nH]c3c12. The van der Waals surface area contributed by atoms with E-state index in [4.69, 9.17) is 0 Å². The molecule has 1 nitrogen and oxygen atoms in total. The van der Waals surface area contributed by atoms with Crippen LogP contribution in [0.1, 0.15) is 25.3 Å². The topological polar surface area (TPSA) is 15.8 Å². The van der Waals surface area contributed by atoms with Crippen LogP contribution >= 0.6 is 0 Å². The Balaban J connectivity index is 2.11. The molecule has 0 amide bonds. The van der Waals surface area contributed by atoms with Crippen molar-refractivity contribution in [2.75, 3.05) is 0 Å². The van der Waals surface area contributed by atoms with Crippen molar-refractivity contribution < 1.29 is 0 Å². The van der Waals surface area contributed by atoms with Crippen molar-refractivity contribution in [2.45, 2.75) is 26.2 Å². The minimum atomic E-state index is 1.16. The van der Waals surface area contributed by atoms with Crippen LogP contribution in [-0.4, -0.2) is 4.98 Å². The molecule has 1 N–H and O–H groups in total. The van der Waals surface area contributed by atoms with Crippen LogP contribution in [0.15, 0.2) is 54.6 Å². The van der Waals surface area contributed by atoms with E-state index in [1.165, 1.54) is 51.0 Å². The normalized spacial score (nSPS) is 11.7. The number of aromatic nitrogens is 1. The lowest BCUT2D eigenvalue weighted by atomic mass is 9.98. The van der Waals surface area contributed by atoms with Crippen molar-refractivity contribution in [1.82, 2.24) is 4.98 Å². The van der Waals surface area contributed by atoms with Crippen LogP contribution in [-0.2, 0) is 6.42 Å². The van der Waals surface area contributed by atoms with Crippen molar-refractivity contribution in [3.8, 4) is 0 Å². The van der Waals surface area contributed by atoms with Crippen molar-refractivity contribution in [3.05, 3.63) is 60.2 Å². The molecular weight excluding hydrogens is 254 g/mol. The van der Waals surface area contributed by atoms with E-state index >= 15 is 0 Å². The number of aromatic amines is 1. The van der Waals surface area contributed by atoms with Gasteiger partial charge in [-0.25, -0.2) is 0 Å². The Morgan fingerprint density at radius 1 is 0.857 bits per heavy atom. The van der Waals surface area contributed by atoms with Gasteiger partial charge in [-0.3, -0.25) is 0 Å². The highest BCUT2D eigenvalue weighted by molar-refractivity contribution is 6.17. The molecule has 1 aromatic heterocycles. The van der Waals surface area contributed by atoms with Crippen molar-refractivity contribution in [2.24, 2.45) is 0 Å². The van der Waals surface area contributed by atoms with Gasteiger partial charge in [0, 0.05) is 21.7 Å². The predicted octanol–water partition coefficient (Wildman–Crippen LogP) is 5.82. The molecule has 0 unspecified atom stereocenters. The van der Waals surface area contributed by atoms with Crippen LogP contribution in [0.4, 0.5) is 0 Å². The smallest absolute Gasteiger partial charge is 0.0547 e. The molecule has 0 bridgehead atoms. The van der Waals surface area contributed by atoms with E-state index in [2.05, 4.69) is 66.5 Å². The number of hydrogen-bond donors (Lipinski definition) is 1. The molecule has 21 heavy (non-hydrogen) atoms. The van der Waals surface area contributed by atoms with E-state index in [0.29, 0.717) is 0 Å². The third-order valence-electron chi connectivity index (χ3n) is 4.41. The summed E-state index contributed by atoms with van der Waals surface area (Å²) in [6, 6.07) is 19.8. The average molecular weight is 273 g/mol. The van der Waals surface area contributed by atoms with Gasteiger partial charge >= 0.3 is 0 Å². The first-order valence-electron chi connectivity index (χ1n) is 7.79. The number of para-hydroxylation sites is 1. The molecule has 0 saturated carbocycles. The lowest BCUT2D eigenvalue weighted by Crippen LogP contribution is -1.88. The Labute approximate surface area is 124 Å². The maximum absolute atomic E-state index is 3.64. The van der Waals surface area contributed by atoms with Gasteiger partial charge in [-0.15, -0.1) is 0 Å². The Bertz CT molecular complexity index is 930. The van der Waals surface area contributed by atoms with Crippen LogP contribution in [0.25, 0.3) is 32.6 Å². The van der Waals surface area contributed by atoms with Crippen molar-refractivity contribution in [1.29, 1.82) is 0 Å². The first-order valence-corrected chi connectivity index (χ1v) is 7.79. The molecule has 0 aliphatic carbocycles. The molecule has 3 aromatic carbocycles. The minimum absolute atomic E-state index is 1.16. The van der Waals surface area contributed by atoms with Gasteiger partial charge in [0.25, 0.3) is 0 Å². The van der Waals surface area contributed by atoms with Gasteiger partial charge < -0.3 is 4.98 Å². The summed E-state index contributed by atoms with van der Waals surface area (Å²) >= 11 is 0. The lowest BCUT2D eigenvalue weighted by Gasteiger charge is -2.07. The Morgan fingerprint density at radius 2 is 1.76 bits per heavy atom. The number of unbranched alkanes of at least 4 members (excludes halogenated alkanes) is 1. The van der Waals surface area contributed by atoms with Gasteiger partial charge in [0.05, 0.1) is 5.52 Å². The zero-order valence-corrected chi connectivity index (χ0v) is 12.3. The zero-order chi connectivity index (χ0) is 14.2. The summed E-state index contributed by atoms with van der Waals surface area (Å²) in [7, 11) is 0. The average Bonchev–Trinajstić information content (AvgIpc) is 2.91. The standard InChI is InChI=1S/C20H19N/c1-2-3-7-14-8-6-9-15-12-13-17-16-10-4-5-11-18(16)21-20(17)19(14)15/h4-6,8-13,21H,2-3,7H2,1H3. The number of nitrogens with one attached hydrogen (secondary N) is 1. The first kappa shape index (κ1) is 12.5. The summed E-state index contributed by atoms with van der Waals surface area (Å²) < 4.78 is 0. The molecule has 0 spiro atoms. The van der Waals surface area contributed by atoms with E-state index in [-0.39, 0.29) is 0 Å². The number of benzene rings is 3. The molecule has 1 heterocycles. The second-order valence-electron chi connectivity index (χ2n) is 5.78. The first-order chi connectivity index (χ1) is 10.4. The molecule has 4 rings (SSSR count). The highest BCUT2D eigenvalue weighted by Gasteiger charge is 2.10. The number of aryl methyl sites for hydroxylation is 1. The van der Waals surface area contributed by atoms with Crippen LogP contribution in [0.5, 0.6) is 0 Å². The molecular formula is C20H19N. The quantitative estimate of drug-likeness (QED) is 0.484. The molecule has 0 aliphatic rings. The fraction of sp³-hybridized carbons (Fsp3) is 0.200. The molecule has 104 valence electrons. The Morgan fingerprint density at radius 3 is 2.67 bits per heavy atom. The molecule has 0 saturated heterocycles. The summed E-state index contributed by atoms with van der Waals surface area (Å²) in [5, 5.41) is 5.39. The Kier molecular flexibility index (Phi) is 2.92. The monoisotopic (exact) mass is 273 g/mol. The fourth-order valence-electron chi connectivity index (χ4n) is 3.35. The van der Waals surface area contributed by atoms with Crippen LogP contribution in [0.3, 0.4) is 0 Å². The van der Waals surface area contributed by atoms with Gasteiger partial charge in [0.15, 0.2) is 0 Å². The van der Waals surface area contributed by atoms with E-state index in [9.17, 15) is 0 Å². The second kappa shape index (κ2) is 4.92. The maximum Gasteiger partial charge on any atom is 0.0547 e. The summed E-state index contributed by atoms with van der Waals surface area (Å²) in [5.41, 5.74) is 3.98. The van der Waals surface area contributed by atoms with E-state index < -0.39 is 0 Å². The van der Waals surface area contributed by atoms with Gasteiger partial charge in [0.1, 0.15) is 0 Å². The molecule has 1 heteroatoms. The number of fused-ring (bicyclic) bond motifs is 5. The van der Waals surface area contributed by atoms with Crippen LogP contribution in [0.2, 0.25) is 0 Å². The van der Waals surface area contributed by atoms with Crippen molar-refractivity contribution >= 4 is 32.6 Å². The van der Waals surface area contributed by atoms with Gasteiger partial charge in [-0.05, 0) is 29.9 Å². The number of rotatable bonds is 3. The third-order valence-corrected chi connectivity index (χ3v) is 4.41. The van der Waals surface area contributed by atoms with E-state index in [1.54, 1.807) is 0 Å². The summed E-state index contributed by atoms with van der Waals surface area (Å²) in [6.45, 7) is 2.25. The summed E-state index contributed by atoms with van der Waals surface area (Å²) in [6.07, 6.45) is 3.64. The molecule has 0 fully saturated rings. The predicted molar refractivity (Wildman–Crippen MR) is 91.9 cm³/mol. The summed E-state index contributed by atoms with van der Waals surface area (Å²) in [4.78, 5) is 3.64. The van der Waals surface area contributed by atoms with Crippen LogP contribution in [0, 0.1) is 0 Å². The number of H-pyrrole nitrogens is 1. The van der Waals surface area contributed by atoms with E-state index in [1.807, 2.05) is 0 Å². The molecule has 0 aliphatic heterocycles. The second-order valence-corrected chi connectivity index (χ2v) is 5.78. The third kappa shape index (κ3) is 1.92. The van der Waals surface area contributed by atoms with Crippen molar-refractivity contribution in [3.63, 3.8) is 0 Å². The molecule has 4 aromatic rings. The van der Waals surface area contributed by atoms with Crippen LogP contribution < -0.4 is 0 Å². The highest BCUT2D eigenvalue weighted by Crippen LogP contribution is 2.33. The largest absolute Gasteiger partial charge is 0.354 e. The molecule has 0 atom stereocenters.